The van der Waals surface area contributed by atoms with E-state index in [0.717, 1.165) is 12.4 Å². The Labute approximate surface area is 146 Å². The van der Waals surface area contributed by atoms with Crippen molar-refractivity contribution in [1.29, 1.82) is 0 Å². The quantitative estimate of drug-likeness (QED) is 0.744. The number of carbonyl (C=O) groups is 2. The molecule has 1 atom stereocenters. The van der Waals surface area contributed by atoms with Crippen molar-refractivity contribution in [2.45, 2.75) is 57.2 Å². The highest BCUT2D eigenvalue weighted by Gasteiger charge is 2.47. The molecule has 3 heterocycles. The molecule has 8 nitrogen and oxygen atoms in total. The monoisotopic (exact) mass is 344 g/mol. The van der Waals surface area contributed by atoms with E-state index >= 15 is 0 Å². The molecule has 0 bridgehead atoms. The number of rotatable bonds is 5. The van der Waals surface area contributed by atoms with Crippen LogP contribution in [0.15, 0.2) is 0 Å². The Bertz CT molecular complexity index is 723. The molecule has 5 rings (SSSR count). The van der Waals surface area contributed by atoms with E-state index in [9.17, 15) is 9.59 Å². The van der Waals surface area contributed by atoms with E-state index < -0.39 is 0 Å². The number of nitrogens with zero attached hydrogens (tertiary/aromatic N) is 6. The van der Waals surface area contributed by atoms with E-state index in [4.69, 9.17) is 0 Å². The fourth-order valence-corrected chi connectivity index (χ4v) is 4.14. The highest BCUT2D eigenvalue weighted by Crippen LogP contribution is 2.44. The maximum absolute atomic E-state index is 12.5. The molecule has 0 aromatic carbocycles. The lowest BCUT2D eigenvalue weighted by Gasteiger charge is -2.35. The number of piperazine rings is 1. The number of hydrogen-bond donors (Lipinski definition) is 0. The van der Waals surface area contributed by atoms with Gasteiger partial charge in [-0.05, 0) is 32.6 Å². The van der Waals surface area contributed by atoms with Gasteiger partial charge in [-0.1, -0.05) is 0 Å². The van der Waals surface area contributed by atoms with Crippen molar-refractivity contribution in [3.63, 3.8) is 0 Å². The third kappa shape index (κ3) is 2.46. The van der Waals surface area contributed by atoms with Crippen LogP contribution < -0.4 is 0 Å². The van der Waals surface area contributed by atoms with E-state index in [2.05, 4.69) is 19.7 Å². The minimum atomic E-state index is -0.332. The minimum absolute atomic E-state index is 0.0560. The van der Waals surface area contributed by atoms with E-state index in [0.29, 0.717) is 38.1 Å². The topological polar surface area (TPSA) is 74.6 Å². The molecule has 0 N–H and O–H groups in total. The molecule has 1 unspecified atom stereocenters. The molecule has 4 aliphatic rings. The van der Waals surface area contributed by atoms with E-state index in [1.807, 2.05) is 6.92 Å². The molecule has 2 aliphatic carbocycles. The molecule has 2 saturated heterocycles. The van der Waals surface area contributed by atoms with Crippen molar-refractivity contribution < 1.29 is 9.59 Å². The van der Waals surface area contributed by atoms with Gasteiger partial charge in [-0.15, -0.1) is 10.2 Å². The molecule has 4 fully saturated rings. The number of imide groups is 1. The van der Waals surface area contributed by atoms with Crippen molar-refractivity contribution in [1.82, 2.24) is 29.5 Å². The molecule has 134 valence electrons. The number of amides is 3. The Hall–Kier alpha value is -1.96. The number of likely N-dealkylation sites (N-methyl/N-ethyl adjacent to an activating group) is 1. The molecule has 2 saturated carbocycles. The van der Waals surface area contributed by atoms with Crippen LogP contribution in [0.5, 0.6) is 0 Å². The van der Waals surface area contributed by atoms with Crippen molar-refractivity contribution >= 4 is 11.9 Å². The van der Waals surface area contributed by atoms with Gasteiger partial charge in [0, 0.05) is 38.1 Å². The molecular weight excluding hydrogens is 320 g/mol. The smallest absolute Gasteiger partial charge is 0.311 e. The summed E-state index contributed by atoms with van der Waals surface area (Å²) in [5.41, 5.74) is 0. The van der Waals surface area contributed by atoms with Gasteiger partial charge in [0.2, 0.25) is 0 Å². The first-order chi connectivity index (χ1) is 12.2. The van der Waals surface area contributed by atoms with Gasteiger partial charge in [0.25, 0.3) is 5.91 Å². The van der Waals surface area contributed by atoms with Crippen LogP contribution in [0, 0.1) is 0 Å². The molecule has 1 aromatic heterocycles. The van der Waals surface area contributed by atoms with Crippen LogP contribution in [-0.2, 0) is 11.3 Å². The summed E-state index contributed by atoms with van der Waals surface area (Å²) >= 11 is 0. The van der Waals surface area contributed by atoms with Crippen LogP contribution in [0.25, 0.3) is 0 Å². The Morgan fingerprint density at radius 1 is 1.08 bits per heavy atom. The van der Waals surface area contributed by atoms with Crippen LogP contribution in [0.2, 0.25) is 0 Å². The molecule has 2 aliphatic heterocycles. The number of carbonyl (C=O) groups excluding carboxylic acids is 2. The summed E-state index contributed by atoms with van der Waals surface area (Å²) in [6.07, 6.45) is 4.91. The summed E-state index contributed by atoms with van der Waals surface area (Å²) in [6.45, 7) is 5.00. The average molecular weight is 344 g/mol. The number of hydrogen-bond acceptors (Lipinski definition) is 5. The molecule has 0 radical (unpaired) electrons. The van der Waals surface area contributed by atoms with Gasteiger partial charge in [0.05, 0.1) is 6.54 Å². The molecule has 3 amide bonds. The molecule has 1 aromatic rings. The average Bonchev–Trinajstić information content (AvgIpc) is 3.54. The Kier molecular flexibility index (Phi) is 3.38. The zero-order valence-electron chi connectivity index (χ0n) is 14.6. The van der Waals surface area contributed by atoms with Gasteiger partial charge >= 0.3 is 6.03 Å². The number of aromatic nitrogens is 3. The highest BCUT2D eigenvalue weighted by atomic mass is 16.2. The zero-order chi connectivity index (χ0) is 17.1. The van der Waals surface area contributed by atoms with Crippen molar-refractivity contribution in [2.24, 2.45) is 0 Å². The second-order valence-electron chi connectivity index (χ2n) is 7.66. The third-order valence-electron chi connectivity index (χ3n) is 5.82. The third-order valence-corrected chi connectivity index (χ3v) is 5.82. The molecular formula is C17H24N6O2. The molecule has 8 heteroatoms. The number of fused-ring (bicyclic) bond motifs is 1. The predicted octanol–water partition coefficient (Wildman–Crippen LogP) is 0.959. The van der Waals surface area contributed by atoms with Gasteiger partial charge in [-0.25, -0.2) is 4.79 Å². The fourth-order valence-electron chi connectivity index (χ4n) is 4.14. The summed E-state index contributed by atoms with van der Waals surface area (Å²) in [5.74, 6) is 2.74. The Morgan fingerprint density at radius 3 is 2.56 bits per heavy atom. The van der Waals surface area contributed by atoms with Crippen LogP contribution in [0.1, 0.15) is 56.2 Å². The van der Waals surface area contributed by atoms with Crippen molar-refractivity contribution in [2.75, 3.05) is 26.2 Å². The number of urea groups is 1. The minimum Gasteiger partial charge on any atom is -0.311 e. The Balaban J connectivity index is 1.33. The normalized spacial score (nSPS) is 27.3. The van der Waals surface area contributed by atoms with Crippen LogP contribution in [0.3, 0.4) is 0 Å². The van der Waals surface area contributed by atoms with Gasteiger partial charge < -0.3 is 9.47 Å². The Morgan fingerprint density at radius 2 is 1.88 bits per heavy atom. The maximum atomic E-state index is 12.5. The first kappa shape index (κ1) is 15.3. The van der Waals surface area contributed by atoms with E-state index in [1.165, 1.54) is 36.4 Å². The largest absolute Gasteiger partial charge is 0.327 e. The summed E-state index contributed by atoms with van der Waals surface area (Å²) in [4.78, 5) is 30.1. The second kappa shape index (κ2) is 5.52. The SMILES string of the molecule is CCN1C(=O)C2CN(Cc3nnc(C4CC4)n3C3CC3)CCN2C1=O. The lowest BCUT2D eigenvalue weighted by Crippen LogP contribution is -2.52. The standard InChI is InChI=1S/C17H24N6O2/c1-2-21-16(24)13-9-20(7-8-22(13)17(21)25)10-14-18-19-15(11-3-4-11)23(14)12-5-6-12/h11-13H,2-10H2,1H3. The van der Waals surface area contributed by atoms with Crippen molar-refractivity contribution in [3.8, 4) is 0 Å². The zero-order valence-corrected chi connectivity index (χ0v) is 14.6. The summed E-state index contributed by atoms with van der Waals surface area (Å²) < 4.78 is 2.37. The van der Waals surface area contributed by atoms with Crippen LogP contribution >= 0.6 is 0 Å². The highest BCUT2D eigenvalue weighted by molar-refractivity contribution is 6.04. The summed E-state index contributed by atoms with van der Waals surface area (Å²) in [7, 11) is 0. The van der Waals surface area contributed by atoms with Gasteiger partial charge in [-0.3, -0.25) is 14.6 Å². The van der Waals surface area contributed by atoms with E-state index in [-0.39, 0.29) is 18.0 Å². The maximum Gasteiger partial charge on any atom is 0.327 e. The lowest BCUT2D eigenvalue weighted by atomic mass is 10.2. The van der Waals surface area contributed by atoms with Gasteiger partial charge in [0.1, 0.15) is 17.7 Å². The van der Waals surface area contributed by atoms with Crippen LogP contribution in [0.4, 0.5) is 4.79 Å². The lowest BCUT2D eigenvalue weighted by molar-refractivity contribution is -0.129. The van der Waals surface area contributed by atoms with E-state index in [1.54, 1.807) is 4.90 Å². The second-order valence-corrected chi connectivity index (χ2v) is 7.66. The van der Waals surface area contributed by atoms with Gasteiger partial charge in [-0.2, -0.15) is 0 Å². The summed E-state index contributed by atoms with van der Waals surface area (Å²) in [5, 5.41) is 8.95. The van der Waals surface area contributed by atoms with Crippen molar-refractivity contribution in [3.05, 3.63) is 11.6 Å². The fraction of sp³-hybridized carbons (Fsp3) is 0.765. The predicted molar refractivity (Wildman–Crippen MR) is 88.8 cm³/mol. The first-order valence-corrected chi connectivity index (χ1v) is 9.45. The molecule has 0 spiro atoms. The van der Waals surface area contributed by atoms with Crippen LogP contribution in [-0.4, -0.2) is 73.6 Å². The summed E-state index contributed by atoms with van der Waals surface area (Å²) in [6, 6.07) is 0.114. The molecule has 25 heavy (non-hydrogen) atoms. The first-order valence-electron chi connectivity index (χ1n) is 9.45. The van der Waals surface area contributed by atoms with Gasteiger partial charge in [0.15, 0.2) is 0 Å².